The van der Waals surface area contributed by atoms with Crippen LogP contribution in [0.25, 0.3) is 0 Å². The van der Waals surface area contributed by atoms with Crippen LogP contribution in [0.5, 0.6) is 5.75 Å². The zero-order valence-electron chi connectivity index (χ0n) is 10.7. The number of methoxy groups -OCH3 is 1. The maximum Gasteiger partial charge on any atom is 0.255 e. The zero-order valence-corrected chi connectivity index (χ0v) is 10.7. The molecular formula is C15H19NO2. The van der Waals surface area contributed by atoms with Crippen molar-refractivity contribution >= 4 is 5.91 Å². The third-order valence-electron chi connectivity index (χ3n) is 4.41. The smallest absolute Gasteiger partial charge is 0.255 e. The molecule has 2 aliphatic carbocycles. The summed E-state index contributed by atoms with van der Waals surface area (Å²) in [6.45, 7) is 0. The molecule has 3 atom stereocenters. The van der Waals surface area contributed by atoms with Gasteiger partial charge in [-0.3, -0.25) is 4.79 Å². The minimum Gasteiger partial charge on any atom is -0.496 e. The molecule has 0 radical (unpaired) electrons. The van der Waals surface area contributed by atoms with Gasteiger partial charge in [-0.15, -0.1) is 0 Å². The van der Waals surface area contributed by atoms with Gasteiger partial charge in [0.05, 0.1) is 12.7 Å². The lowest BCUT2D eigenvalue weighted by atomic mass is 9.95. The second kappa shape index (κ2) is 4.63. The van der Waals surface area contributed by atoms with Gasteiger partial charge in [0.15, 0.2) is 0 Å². The van der Waals surface area contributed by atoms with Crippen molar-refractivity contribution in [1.82, 2.24) is 5.32 Å². The summed E-state index contributed by atoms with van der Waals surface area (Å²) < 4.78 is 5.23. The predicted octanol–water partition coefficient (Wildman–Crippen LogP) is 2.61. The van der Waals surface area contributed by atoms with Crippen molar-refractivity contribution in [2.45, 2.75) is 31.7 Å². The first kappa shape index (κ1) is 11.6. The summed E-state index contributed by atoms with van der Waals surface area (Å²) in [4.78, 5) is 12.3. The molecule has 3 nitrogen and oxygen atoms in total. The topological polar surface area (TPSA) is 38.3 Å². The summed E-state index contributed by atoms with van der Waals surface area (Å²) in [6.07, 6.45) is 5.09. The molecule has 0 heterocycles. The predicted molar refractivity (Wildman–Crippen MR) is 69.7 cm³/mol. The minimum atomic E-state index is 0.00463. The minimum absolute atomic E-state index is 0.00463. The first-order valence-corrected chi connectivity index (χ1v) is 6.72. The van der Waals surface area contributed by atoms with E-state index in [1.807, 2.05) is 24.3 Å². The summed E-state index contributed by atoms with van der Waals surface area (Å²) in [6, 6.07) is 7.78. The van der Waals surface area contributed by atoms with E-state index in [-0.39, 0.29) is 5.91 Å². The molecule has 0 aliphatic heterocycles. The molecule has 2 saturated carbocycles. The highest BCUT2D eigenvalue weighted by Gasteiger charge is 2.40. The Labute approximate surface area is 108 Å². The molecule has 3 heteroatoms. The van der Waals surface area contributed by atoms with Gasteiger partial charge >= 0.3 is 0 Å². The molecule has 0 saturated heterocycles. The fourth-order valence-corrected chi connectivity index (χ4v) is 3.50. The van der Waals surface area contributed by atoms with Crippen LogP contribution < -0.4 is 10.1 Å². The van der Waals surface area contributed by atoms with Crippen LogP contribution in [0.15, 0.2) is 24.3 Å². The summed E-state index contributed by atoms with van der Waals surface area (Å²) >= 11 is 0. The molecule has 1 aromatic carbocycles. The number of rotatable bonds is 3. The van der Waals surface area contributed by atoms with E-state index >= 15 is 0 Å². The fraction of sp³-hybridized carbons (Fsp3) is 0.533. The average molecular weight is 245 g/mol. The molecule has 2 bridgehead atoms. The molecule has 1 N–H and O–H groups in total. The quantitative estimate of drug-likeness (QED) is 0.889. The number of benzene rings is 1. The Morgan fingerprint density at radius 2 is 2.11 bits per heavy atom. The average Bonchev–Trinajstić information content (AvgIpc) is 3.01. The first-order valence-electron chi connectivity index (χ1n) is 6.72. The Morgan fingerprint density at radius 3 is 2.78 bits per heavy atom. The Balaban J connectivity index is 1.71. The van der Waals surface area contributed by atoms with Gasteiger partial charge in [-0.2, -0.15) is 0 Å². The second-order valence-corrected chi connectivity index (χ2v) is 5.46. The van der Waals surface area contributed by atoms with Gasteiger partial charge in [0.25, 0.3) is 5.91 Å². The summed E-state index contributed by atoms with van der Waals surface area (Å²) in [5.74, 6) is 2.20. The molecule has 1 aromatic rings. The van der Waals surface area contributed by atoms with Crippen molar-refractivity contribution in [1.29, 1.82) is 0 Å². The highest BCUT2D eigenvalue weighted by molar-refractivity contribution is 5.97. The highest BCUT2D eigenvalue weighted by Crippen LogP contribution is 2.44. The van der Waals surface area contributed by atoms with E-state index in [1.165, 1.54) is 19.3 Å². The molecule has 0 spiro atoms. The van der Waals surface area contributed by atoms with E-state index in [4.69, 9.17) is 4.74 Å². The van der Waals surface area contributed by atoms with Crippen LogP contribution in [0.4, 0.5) is 0 Å². The van der Waals surface area contributed by atoms with Gasteiger partial charge in [-0.25, -0.2) is 0 Å². The Hall–Kier alpha value is -1.51. The van der Waals surface area contributed by atoms with Crippen molar-refractivity contribution in [3.8, 4) is 5.75 Å². The van der Waals surface area contributed by atoms with Crippen LogP contribution in [-0.2, 0) is 0 Å². The van der Waals surface area contributed by atoms with E-state index in [0.29, 0.717) is 23.3 Å². The van der Waals surface area contributed by atoms with Crippen molar-refractivity contribution < 1.29 is 9.53 Å². The van der Waals surface area contributed by atoms with Crippen LogP contribution in [0, 0.1) is 11.8 Å². The number of amides is 1. The van der Waals surface area contributed by atoms with Crippen LogP contribution in [0.3, 0.4) is 0 Å². The molecule has 2 aliphatic rings. The van der Waals surface area contributed by atoms with Gasteiger partial charge < -0.3 is 10.1 Å². The Morgan fingerprint density at radius 1 is 1.28 bits per heavy atom. The summed E-state index contributed by atoms with van der Waals surface area (Å²) in [5, 5.41) is 3.18. The monoisotopic (exact) mass is 245 g/mol. The molecule has 0 unspecified atom stereocenters. The third kappa shape index (κ3) is 1.98. The number of nitrogens with one attached hydrogen (secondary N) is 1. The second-order valence-electron chi connectivity index (χ2n) is 5.46. The van der Waals surface area contributed by atoms with Crippen molar-refractivity contribution in [2.24, 2.45) is 11.8 Å². The van der Waals surface area contributed by atoms with Gasteiger partial charge in [-0.05, 0) is 43.2 Å². The van der Waals surface area contributed by atoms with Gasteiger partial charge in [0.1, 0.15) is 5.75 Å². The number of hydrogen-bond acceptors (Lipinski definition) is 2. The summed E-state index contributed by atoms with van der Waals surface area (Å²) in [7, 11) is 1.60. The van der Waals surface area contributed by atoms with E-state index < -0.39 is 0 Å². The third-order valence-corrected chi connectivity index (χ3v) is 4.41. The summed E-state index contributed by atoms with van der Waals surface area (Å²) in [5.41, 5.74) is 0.641. The Bertz CT molecular complexity index is 458. The molecule has 0 aromatic heterocycles. The zero-order chi connectivity index (χ0) is 12.5. The van der Waals surface area contributed by atoms with Crippen LogP contribution in [0.2, 0.25) is 0 Å². The molecule has 18 heavy (non-hydrogen) atoms. The molecule has 3 rings (SSSR count). The highest BCUT2D eigenvalue weighted by atomic mass is 16.5. The normalized spacial score (nSPS) is 29.3. The number of hydrogen-bond donors (Lipinski definition) is 1. The fourth-order valence-electron chi connectivity index (χ4n) is 3.50. The number of carbonyl (C=O) groups is 1. The number of carbonyl (C=O) groups excluding carboxylic acids is 1. The van der Waals surface area contributed by atoms with Crippen molar-refractivity contribution in [3.05, 3.63) is 29.8 Å². The lowest BCUT2D eigenvalue weighted by molar-refractivity contribution is 0.0920. The van der Waals surface area contributed by atoms with Crippen molar-refractivity contribution in [2.75, 3.05) is 7.11 Å². The maximum atomic E-state index is 12.3. The van der Waals surface area contributed by atoms with Crippen LogP contribution in [-0.4, -0.2) is 19.1 Å². The van der Waals surface area contributed by atoms with E-state index in [1.54, 1.807) is 7.11 Å². The first-order chi connectivity index (χ1) is 8.78. The molecule has 1 amide bonds. The molecule has 96 valence electrons. The largest absolute Gasteiger partial charge is 0.496 e. The lowest BCUT2D eigenvalue weighted by Gasteiger charge is -2.23. The van der Waals surface area contributed by atoms with E-state index in [9.17, 15) is 4.79 Å². The Kier molecular flexibility index (Phi) is 2.98. The van der Waals surface area contributed by atoms with E-state index in [0.717, 1.165) is 12.3 Å². The SMILES string of the molecule is COc1ccccc1C(=O)N[C@@H]1C[C@@H]2CC[C@@H]1C2. The number of para-hydroxylation sites is 1. The lowest BCUT2D eigenvalue weighted by Crippen LogP contribution is -2.38. The van der Waals surface area contributed by atoms with Gasteiger partial charge in [-0.1, -0.05) is 18.6 Å². The van der Waals surface area contributed by atoms with Crippen LogP contribution >= 0.6 is 0 Å². The van der Waals surface area contributed by atoms with Crippen molar-refractivity contribution in [3.63, 3.8) is 0 Å². The van der Waals surface area contributed by atoms with E-state index in [2.05, 4.69) is 5.32 Å². The molecular weight excluding hydrogens is 226 g/mol. The van der Waals surface area contributed by atoms with Crippen LogP contribution in [0.1, 0.15) is 36.0 Å². The molecule has 2 fully saturated rings. The number of fused-ring (bicyclic) bond motifs is 2. The van der Waals surface area contributed by atoms with Gasteiger partial charge in [0, 0.05) is 6.04 Å². The maximum absolute atomic E-state index is 12.3. The standard InChI is InChI=1S/C15H19NO2/c1-18-14-5-3-2-4-12(14)15(17)16-13-9-10-6-7-11(13)8-10/h2-5,10-11,13H,6-9H2,1H3,(H,16,17)/t10-,11-,13-/m1/s1. The van der Waals surface area contributed by atoms with Gasteiger partial charge in [0.2, 0.25) is 0 Å². The number of ether oxygens (including phenoxy) is 1.